The van der Waals surface area contributed by atoms with Crippen LogP contribution in [-0.2, 0) is 9.53 Å². The third-order valence-electron chi connectivity index (χ3n) is 3.70. The maximum absolute atomic E-state index is 12.1. The number of thioether (sulfide) groups is 1. The summed E-state index contributed by atoms with van der Waals surface area (Å²) in [6.07, 6.45) is 3.26. The Kier molecular flexibility index (Phi) is 4.00. The summed E-state index contributed by atoms with van der Waals surface area (Å²) in [4.78, 5) is 12.1. The molecule has 0 aromatic heterocycles. The zero-order valence-corrected chi connectivity index (χ0v) is 11.1. The Bertz CT molecular complexity index is 283. The molecule has 0 radical (unpaired) electrons. The van der Waals surface area contributed by atoms with E-state index in [1.165, 1.54) is 0 Å². The zero-order valence-electron chi connectivity index (χ0n) is 10.3. The lowest BCUT2D eigenvalue weighted by Gasteiger charge is -2.33. The molecule has 2 rings (SSSR count). The van der Waals surface area contributed by atoms with E-state index in [1.807, 2.05) is 6.92 Å². The summed E-state index contributed by atoms with van der Waals surface area (Å²) in [5.74, 6) is 1.13. The average molecular weight is 259 g/mol. The maximum Gasteiger partial charge on any atom is 0.236 e. The largest absolute Gasteiger partial charge is 0.388 e. The predicted molar refractivity (Wildman–Crippen MR) is 68.1 cm³/mol. The van der Waals surface area contributed by atoms with E-state index in [2.05, 4.69) is 5.32 Å². The third kappa shape index (κ3) is 3.14. The Labute approximate surface area is 106 Å². The first kappa shape index (κ1) is 13.2. The minimum atomic E-state index is -0.770. The van der Waals surface area contributed by atoms with Crippen molar-refractivity contribution >= 4 is 17.7 Å². The van der Waals surface area contributed by atoms with Crippen molar-refractivity contribution in [3.8, 4) is 0 Å². The summed E-state index contributed by atoms with van der Waals surface area (Å²) in [5.41, 5.74) is -0.770. The quantitative estimate of drug-likeness (QED) is 0.791. The number of hydrogen-bond donors (Lipinski definition) is 2. The lowest BCUT2D eigenvalue weighted by molar-refractivity contribution is -0.125. The predicted octanol–water partition coefficient (Wildman–Crippen LogP) is 0.930. The van der Waals surface area contributed by atoms with Gasteiger partial charge >= 0.3 is 0 Å². The minimum absolute atomic E-state index is 0.0694. The molecule has 2 N–H and O–H groups in total. The number of ether oxygens (including phenoxy) is 1. The van der Waals surface area contributed by atoms with Crippen molar-refractivity contribution < 1.29 is 14.6 Å². The average Bonchev–Trinajstić information content (AvgIpc) is 2.75. The van der Waals surface area contributed by atoms with Gasteiger partial charge in [0.15, 0.2) is 0 Å². The maximum atomic E-state index is 12.1. The van der Waals surface area contributed by atoms with Crippen LogP contribution in [0.2, 0.25) is 0 Å². The monoisotopic (exact) mass is 259 g/mol. The second kappa shape index (κ2) is 5.16. The molecule has 5 heteroatoms. The highest BCUT2D eigenvalue weighted by atomic mass is 32.2. The molecule has 0 aromatic rings. The number of nitrogens with one attached hydrogen (secondary N) is 1. The first-order valence-electron chi connectivity index (χ1n) is 6.27. The molecule has 2 aliphatic heterocycles. The second-order valence-corrected chi connectivity index (χ2v) is 6.80. The molecule has 2 saturated heterocycles. The van der Waals surface area contributed by atoms with Gasteiger partial charge < -0.3 is 15.2 Å². The van der Waals surface area contributed by atoms with Gasteiger partial charge in [-0.2, -0.15) is 0 Å². The van der Waals surface area contributed by atoms with E-state index in [4.69, 9.17) is 4.74 Å². The van der Waals surface area contributed by atoms with Crippen LogP contribution in [0.3, 0.4) is 0 Å². The number of hydrogen-bond acceptors (Lipinski definition) is 4. The van der Waals surface area contributed by atoms with Gasteiger partial charge in [0.1, 0.15) is 0 Å². The molecule has 0 spiro atoms. The SMILES string of the molecule is CC1(C(=O)NCC2(O)CCOCC2)CCCS1. The summed E-state index contributed by atoms with van der Waals surface area (Å²) < 4.78 is 4.92. The van der Waals surface area contributed by atoms with Gasteiger partial charge in [0, 0.05) is 32.6 Å². The van der Waals surface area contributed by atoms with Crippen LogP contribution in [0.4, 0.5) is 0 Å². The first-order chi connectivity index (χ1) is 8.04. The first-order valence-corrected chi connectivity index (χ1v) is 7.25. The molecule has 1 atom stereocenters. The Morgan fingerprint density at radius 2 is 2.12 bits per heavy atom. The van der Waals surface area contributed by atoms with Crippen molar-refractivity contribution in [3.05, 3.63) is 0 Å². The van der Waals surface area contributed by atoms with E-state index < -0.39 is 5.60 Å². The van der Waals surface area contributed by atoms with Gasteiger partial charge in [-0.05, 0) is 25.5 Å². The number of aliphatic hydroxyl groups is 1. The van der Waals surface area contributed by atoms with E-state index in [1.54, 1.807) is 11.8 Å². The van der Waals surface area contributed by atoms with Crippen molar-refractivity contribution in [2.75, 3.05) is 25.5 Å². The molecule has 1 unspecified atom stereocenters. The van der Waals surface area contributed by atoms with E-state index in [9.17, 15) is 9.90 Å². The van der Waals surface area contributed by atoms with Gasteiger partial charge in [-0.3, -0.25) is 4.79 Å². The topological polar surface area (TPSA) is 58.6 Å². The fourth-order valence-corrected chi connectivity index (χ4v) is 3.55. The fraction of sp³-hybridized carbons (Fsp3) is 0.917. The molecule has 0 saturated carbocycles. The van der Waals surface area contributed by atoms with Gasteiger partial charge in [-0.25, -0.2) is 0 Å². The van der Waals surface area contributed by atoms with Crippen molar-refractivity contribution in [1.29, 1.82) is 0 Å². The normalized spacial score (nSPS) is 32.4. The lowest BCUT2D eigenvalue weighted by Crippen LogP contribution is -2.50. The fourth-order valence-electron chi connectivity index (χ4n) is 2.32. The van der Waals surface area contributed by atoms with E-state index in [-0.39, 0.29) is 10.7 Å². The van der Waals surface area contributed by atoms with Crippen LogP contribution in [0.1, 0.15) is 32.6 Å². The molecular weight excluding hydrogens is 238 g/mol. The summed E-state index contributed by atoms with van der Waals surface area (Å²) in [6, 6.07) is 0. The van der Waals surface area contributed by atoms with Crippen LogP contribution in [0.5, 0.6) is 0 Å². The Morgan fingerprint density at radius 1 is 1.41 bits per heavy atom. The third-order valence-corrected chi connectivity index (χ3v) is 5.22. The highest BCUT2D eigenvalue weighted by Gasteiger charge is 2.38. The van der Waals surface area contributed by atoms with Crippen molar-refractivity contribution in [3.63, 3.8) is 0 Å². The molecule has 2 heterocycles. The number of rotatable bonds is 3. The van der Waals surface area contributed by atoms with E-state index >= 15 is 0 Å². The molecule has 4 nitrogen and oxygen atoms in total. The highest BCUT2D eigenvalue weighted by molar-refractivity contribution is 8.01. The van der Waals surface area contributed by atoms with Crippen LogP contribution < -0.4 is 5.32 Å². The van der Waals surface area contributed by atoms with Crippen molar-refractivity contribution in [2.45, 2.75) is 43.0 Å². The molecule has 98 valence electrons. The molecule has 1 amide bonds. The molecule has 0 aliphatic carbocycles. The van der Waals surface area contributed by atoms with Gasteiger partial charge in [-0.15, -0.1) is 11.8 Å². The summed E-state index contributed by atoms with van der Waals surface area (Å²) >= 11 is 1.72. The standard InChI is InChI=1S/C12H21NO3S/c1-11(3-2-8-17-11)10(14)13-9-12(15)4-6-16-7-5-12/h15H,2-9H2,1H3,(H,13,14). The van der Waals surface area contributed by atoms with Gasteiger partial charge in [0.25, 0.3) is 0 Å². The Morgan fingerprint density at radius 3 is 2.71 bits per heavy atom. The smallest absolute Gasteiger partial charge is 0.236 e. The van der Waals surface area contributed by atoms with Gasteiger partial charge in [0.05, 0.1) is 10.3 Å². The van der Waals surface area contributed by atoms with E-state index in [0.29, 0.717) is 32.6 Å². The highest BCUT2D eigenvalue weighted by Crippen LogP contribution is 2.37. The summed E-state index contributed by atoms with van der Waals surface area (Å²) in [5, 5.41) is 13.2. The molecule has 2 fully saturated rings. The molecule has 17 heavy (non-hydrogen) atoms. The van der Waals surface area contributed by atoms with Crippen LogP contribution in [0.15, 0.2) is 0 Å². The van der Waals surface area contributed by atoms with Crippen LogP contribution in [0.25, 0.3) is 0 Å². The zero-order chi connectivity index (χ0) is 12.4. The Hall–Kier alpha value is -0.260. The lowest BCUT2D eigenvalue weighted by atomic mass is 9.94. The van der Waals surface area contributed by atoms with Gasteiger partial charge in [-0.1, -0.05) is 0 Å². The molecule has 0 bridgehead atoms. The molecular formula is C12H21NO3S. The molecule has 2 aliphatic rings. The van der Waals surface area contributed by atoms with Crippen LogP contribution >= 0.6 is 11.8 Å². The minimum Gasteiger partial charge on any atom is -0.388 e. The van der Waals surface area contributed by atoms with Gasteiger partial charge in [0.2, 0.25) is 5.91 Å². The van der Waals surface area contributed by atoms with Crippen LogP contribution in [0, 0.1) is 0 Å². The number of carbonyl (C=O) groups excluding carboxylic acids is 1. The van der Waals surface area contributed by atoms with Crippen LogP contribution in [-0.4, -0.2) is 46.9 Å². The van der Waals surface area contributed by atoms with Crippen molar-refractivity contribution in [1.82, 2.24) is 5.32 Å². The summed E-state index contributed by atoms with van der Waals surface area (Å²) in [6.45, 7) is 3.51. The second-order valence-electron chi connectivity index (χ2n) is 5.20. The number of carbonyl (C=O) groups is 1. The van der Waals surface area contributed by atoms with E-state index in [0.717, 1.165) is 18.6 Å². The summed E-state index contributed by atoms with van der Waals surface area (Å²) in [7, 11) is 0. The van der Waals surface area contributed by atoms with Crippen molar-refractivity contribution in [2.24, 2.45) is 0 Å². The number of amides is 1. The Balaban J connectivity index is 1.83. The molecule has 0 aromatic carbocycles.